The van der Waals surface area contributed by atoms with Gasteiger partial charge in [-0.05, 0) is 37.9 Å². The monoisotopic (exact) mass is 257 g/mol. The molecule has 0 heterocycles. The van der Waals surface area contributed by atoms with E-state index >= 15 is 0 Å². The third kappa shape index (κ3) is 2.80. The van der Waals surface area contributed by atoms with Gasteiger partial charge in [-0.15, -0.1) is 11.8 Å². The van der Waals surface area contributed by atoms with Gasteiger partial charge in [0.25, 0.3) is 0 Å². The zero-order valence-corrected chi connectivity index (χ0v) is 10.9. The van der Waals surface area contributed by atoms with Crippen LogP contribution in [0.1, 0.15) is 19.8 Å². The van der Waals surface area contributed by atoms with Crippen LogP contribution in [-0.4, -0.2) is 18.3 Å². The number of rotatable bonds is 3. The molecule has 1 fully saturated rings. The highest BCUT2D eigenvalue weighted by Gasteiger charge is 2.32. The van der Waals surface area contributed by atoms with Crippen molar-refractivity contribution in [2.75, 3.05) is 7.05 Å². The minimum Gasteiger partial charge on any atom is -0.317 e. The van der Waals surface area contributed by atoms with E-state index in [9.17, 15) is 8.78 Å². The van der Waals surface area contributed by atoms with E-state index in [0.717, 1.165) is 18.9 Å². The summed E-state index contributed by atoms with van der Waals surface area (Å²) in [5.74, 6) is -0.455. The van der Waals surface area contributed by atoms with Gasteiger partial charge in [-0.1, -0.05) is 6.92 Å². The normalized spacial score (nSPS) is 28.6. The van der Waals surface area contributed by atoms with Crippen LogP contribution in [-0.2, 0) is 0 Å². The fourth-order valence-electron chi connectivity index (χ4n) is 2.44. The summed E-state index contributed by atoms with van der Waals surface area (Å²) in [6, 6.07) is 4.32. The first-order valence-corrected chi connectivity index (χ1v) is 6.78. The second-order valence-corrected chi connectivity index (χ2v) is 5.84. The van der Waals surface area contributed by atoms with Crippen LogP contribution in [0.5, 0.6) is 0 Å². The Balaban J connectivity index is 2.06. The Bertz CT molecular complexity index is 397. The number of hydrogen-bond donors (Lipinski definition) is 1. The first-order valence-electron chi connectivity index (χ1n) is 5.91. The molecule has 0 aliphatic heterocycles. The van der Waals surface area contributed by atoms with Gasteiger partial charge >= 0.3 is 0 Å². The average molecular weight is 257 g/mol. The van der Waals surface area contributed by atoms with E-state index < -0.39 is 11.6 Å². The molecule has 17 heavy (non-hydrogen) atoms. The van der Waals surface area contributed by atoms with Crippen molar-refractivity contribution >= 4 is 11.8 Å². The van der Waals surface area contributed by atoms with Crippen molar-refractivity contribution in [1.29, 1.82) is 0 Å². The third-order valence-corrected chi connectivity index (χ3v) is 5.08. The van der Waals surface area contributed by atoms with Crippen molar-refractivity contribution < 1.29 is 8.78 Å². The molecule has 1 N–H and O–H groups in total. The molecule has 1 aromatic rings. The summed E-state index contributed by atoms with van der Waals surface area (Å²) < 4.78 is 26.3. The lowest BCUT2D eigenvalue weighted by Crippen LogP contribution is -2.30. The highest BCUT2D eigenvalue weighted by atomic mass is 32.2. The Morgan fingerprint density at radius 3 is 2.65 bits per heavy atom. The number of benzene rings is 1. The number of thioether (sulfide) groups is 1. The Morgan fingerprint density at radius 1 is 1.29 bits per heavy atom. The molecular formula is C13H17F2NS. The summed E-state index contributed by atoms with van der Waals surface area (Å²) >= 11 is 1.53. The number of halogens is 2. The molecule has 1 aliphatic carbocycles. The summed E-state index contributed by atoms with van der Waals surface area (Å²) in [4.78, 5) is 0.556. The molecule has 2 rings (SSSR count). The van der Waals surface area contributed by atoms with Crippen LogP contribution in [0.2, 0.25) is 0 Å². The molecule has 1 nitrogen and oxygen atoms in total. The van der Waals surface area contributed by atoms with E-state index in [1.54, 1.807) is 0 Å². The molecule has 4 heteroatoms. The topological polar surface area (TPSA) is 12.0 Å². The standard InChI is InChI=1S/C13H17F2NS/c1-8-11(16-2)4-6-12(8)17-13-5-3-9(14)7-10(13)15/h3,5,7-8,11-12,16H,4,6H2,1-2H3. The van der Waals surface area contributed by atoms with Gasteiger partial charge in [-0.2, -0.15) is 0 Å². The van der Waals surface area contributed by atoms with Gasteiger partial charge < -0.3 is 5.32 Å². The summed E-state index contributed by atoms with van der Waals surface area (Å²) in [5.41, 5.74) is 0. The smallest absolute Gasteiger partial charge is 0.139 e. The molecule has 3 unspecified atom stereocenters. The molecule has 0 aromatic heterocycles. The van der Waals surface area contributed by atoms with E-state index in [-0.39, 0.29) is 0 Å². The summed E-state index contributed by atoms with van der Waals surface area (Å²) in [5, 5.41) is 3.70. The number of nitrogens with one attached hydrogen (secondary N) is 1. The van der Waals surface area contributed by atoms with Crippen LogP contribution in [0.25, 0.3) is 0 Å². The Hall–Kier alpha value is -0.610. The molecule has 1 aromatic carbocycles. The zero-order valence-electron chi connectivity index (χ0n) is 10.0. The van der Waals surface area contributed by atoms with Gasteiger partial charge in [0.15, 0.2) is 0 Å². The van der Waals surface area contributed by atoms with Crippen LogP contribution in [0.3, 0.4) is 0 Å². The Labute approximate surface area is 105 Å². The zero-order chi connectivity index (χ0) is 12.4. The first kappa shape index (κ1) is 12.8. The average Bonchev–Trinajstić information content (AvgIpc) is 2.64. The lowest BCUT2D eigenvalue weighted by Gasteiger charge is -2.20. The Morgan fingerprint density at radius 2 is 2.06 bits per heavy atom. The molecule has 0 radical (unpaired) electrons. The van der Waals surface area contributed by atoms with Crippen LogP contribution in [0.15, 0.2) is 23.1 Å². The largest absolute Gasteiger partial charge is 0.317 e. The second kappa shape index (κ2) is 5.36. The summed E-state index contributed by atoms with van der Waals surface area (Å²) in [6.07, 6.45) is 2.20. The van der Waals surface area contributed by atoms with Gasteiger partial charge in [0, 0.05) is 22.3 Å². The van der Waals surface area contributed by atoms with Crippen molar-refractivity contribution in [3.8, 4) is 0 Å². The lowest BCUT2D eigenvalue weighted by molar-refractivity contribution is 0.463. The van der Waals surface area contributed by atoms with Crippen LogP contribution < -0.4 is 5.32 Å². The summed E-state index contributed by atoms with van der Waals surface area (Å²) in [7, 11) is 1.96. The Kier molecular flexibility index (Phi) is 4.05. The molecule has 1 aliphatic rings. The summed E-state index contributed by atoms with van der Waals surface area (Å²) in [6.45, 7) is 2.19. The maximum absolute atomic E-state index is 13.5. The van der Waals surface area contributed by atoms with E-state index in [2.05, 4.69) is 12.2 Å². The second-order valence-electron chi connectivity index (χ2n) is 4.56. The molecule has 0 spiro atoms. The molecule has 3 atom stereocenters. The highest BCUT2D eigenvalue weighted by molar-refractivity contribution is 8.00. The van der Waals surface area contributed by atoms with E-state index in [1.807, 2.05) is 7.05 Å². The van der Waals surface area contributed by atoms with Gasteiger partial charge in [0.05, 0.1) is 0 Å². The van der Waals surface area contributed by atoms with Crippen molar-refractivity contribution in [2.24, 2.45) is 5.92 Å². The maximum Gasteiger partial charge on any atom is 0.139 e. The lowest BCUT2D eigenvalue weighted by atomic mass is 10.1. The van der Waals surface area contributed by atoms with E-state index in [1.165, 1.54) is 23.9 Å². The molecule has 0 amide bonds. The maximum atomic E-state index is 13.5. The van der Waals surface area contributed by atoms with Crippen molar-refractivity contribution in [3.63, 3.8) is 0 Å². The third-order valence-electron chi connectivity index (χ3n) is 3.53. The molecule has 0 saturated heterocycles. The van der Waals surface area contributed by atoms with Gasteiger partial charge in [0.1, 0.15) is 11.6 Å². The minimum atomic E-state index is -0.514. The highest BCUT2D eigenvalue weighted by Crippen LogP contribution is 2.39. The predicted molar refractivity (Wildman–Crippen MR) is 67.2 cm³/mol. The predicted octanol–water partition coefficient (Wildman–Crippen LogP) is 3.44. The van der Waals surface area contributed by atoms with Crippen LogP contribution >= 0.6 is 11.8 Å². The van der Waals surface area contributed by atoms with Gasteiger partial charge in [-0.3, -0.25) is 0 Å². The number of hydrogen-bond acceptors (Lipinski definition) is 2. The van der Waals surface area contributed by atoms with Crippen LogP contribution in [0.4, 0.5) is 8.78 Å². The molecule has 94 valence electrons. The quantitative estimate of drug-likeness (QED) is 0.890. The molecule has 0 bridgehead atoms. The van der Waals surface area contributed by atoms with Crippen LogP contribution in [0, 0.1) is 17.6 Å². The van der Waals surface area contributed by atoms with Crippen molar-refractivity contribution in [2.45, 2.75) is 36.0 Å². The van der Waals surface area contributed by atoms with Crippen molar-refractivity contribution in [1.82, 2.24) is 5.32 Å². The molecular weight excluding hydrogens is 240 g/mol. The fourth-order valence-corrected chi connectivity index (χ4v) is 3.74. The van der Waals surface area contributed by atoms with E-state index in [4.69, 9.17) is 0 Å². The van der Waals surface area contributed by atoms with Gasteiger partial charge in [-0.25, -0.2) is 8.78 Å². The van der Waals surface area contributed by atoms with Gasteiger partial charge in [0.2, 0.25) is 0 Å². The van der Waals surface area contributed by atoms with Crippen molar-refractivity contribution in [3.05, 3.63) is 29.8 Å². The first-order chi connectivity index (χ1) is 8.11. The SMILES string of the molecule is CNC1CCC(Sc2ccc(F)cc2F)C1C. The van der Waals surface area contributed by atoms with E-state index in [0.29, 0.717) is 22.1 Å². The minimum absolute atomic E-state index is 0.410. The fraction of sp³-hybridized carbons (Fsp3) is 0.538. The molecule has 1 saturated carbocycles.